The van der Waals surface area contributed by atoms with Crippen LogP contribution in [0.2, 0.25) is 5.04 Å². The maximum atomic E-state index is 13.4. The summed E-state index contributed by atoms with van der Waals surface area (Å²) in [6.45, 7) is 7.78. The van der Waals surface area contributed by atoms with E-state index < -0.39 is 62.0 Å². The average Bonchev–Trinajstić information content (AvgIpc) is 2.92. The molecule has 208 valence electrons. The monoisotopic (exact) mass is 557 g/mol. The van der Waals surface area contributed by atoms with E-state index in [1.54, 1.807) is 37.3 Å². The molecular weight excluding hydrogens is 522 g/mol. The van der Waals surface area contributed by atoms with Crippen molar-refractivity contribution in [3.05, 3.63) is 96.6 Å². The second-order valence-electron chi connectivity index (χ2n) is 10.7. The molecule has 0 aliphatic rings. The first-order valence-corrected chi connectivity index (χ1v) is 15.1. The highest BCUT2D eigenvalue weighted by molar-refractivity contribution is 6.99. The number of aliphatic carboxylic acids is 1. The SMILES string of the molecule is CC(OC(=O)[C@H](C#N)C(=O)CC(CC(=O)O)O[Si](c1ccccc1)(c1ccccc1)C(C)(C)C)c1ccccc1. The lowest BCUT2D eigenvalue weighted by Gasteiger charge is -2.45. The second kappa shape index (κ2) is 13.3. The van der Waals surface area contributed by atoms with E-state index in [2.05, 4.69) is 0 Å². The number of esters is 1. The molecule has 0 fully saturated rings. The Morgan fingerprint density at radius 2 is 1.32 bits per heavy atom. The van der Waals surface area contributed by atoms with Crippen LogP contribution < -0.4 is 10.4 Å². The van der Waals surface area contributed by atoms with Crippen molar-refractivity contribution in [2.24, 2.45) is 5.92 Å². The summed E-state index contributed by atoms with van der Waals surface area (Å²) < 4.78 is 12.3. The molecule has 0 heterocycles. The molecule has 3 aromatic carbocycles. The number of nitriles is 1. The van der Waals surface area contributed by atoms with Crippen LogP contribution in [0.4, 0.5) is 0 Å². The second-order valence-corrected chi connectivity index (χ2v) is 15.0. The van der Waals surface area contributed by atoms with Crippen molar-refractivity contribution in [1.82, 2.24) is 0 Å². The van der Waals surface area contributed by atoms with Gasteiger partial charge in [-0.25, -0.2) is 0 Å². The van der Waals surface area contributed by atoms with Gasteiger partial charge in [0.15, 0.2) is 5.78 Å². The molecule has 1 N–H and O–H groups in total. The minimum Gasteiger partial charge on any atom is -0.481 e. The highest BCUT2D eigenvalue weighted by Gasteiger charge is 2.52. The smallest absolute Gasteiger partial charge is 0.331 e. The summed E-state index contributed by atoms with van der Waals surface area (Å²) in [5.41, 5.74) is 0.721. The fourth-order valence-electron chi connectivity index (χ4n) is 4.92. The molecule has 0 amide bonds. The van der Waals surface area contributed by atoms with E-state index in [1.807, 2.05) is 87.5 Å². The van der Waals surface area contributed by atoms with Gasteiger partial charge in [-0.2, -0.15) is 5.26 Å². The van der Waals surface area contributed by atoms with Gasteiger partial charge in [0.1, 0.15) is 6.10 Å². The van der Waals surface area contributed by atoms with Crippen molar-refractivity contribution in [2.45, 2.75) is 57.8 Å². The molecule has 3 aromatic rings. The Hall–Kier alpha value is -4.06. The van der Waals surface area contributed by atoms with Gasteiger partial charge >= 0.3 is 11.9 Å². The fraction of sp³-hybridized carbons (Fsp3) is 0.312. The third-order valence-corrected chi connectivity index (χ3v) is 11.9. The number of benzene rings is 3. The summed E-state index contributed by atoms with van der Waals surface area (Å²) in [5, 5.41) is 20.9. The number of ether oxygens (including phenoxy) is 1. The number of carbonyl (C=O) groups is 3. The summed E-state index contributed by atoms with van der Waals surface area (Å²) in [6.07, 6.45) is -2.64. The van der Waals surface area contributed by atoms with Gasteiger partial charge in [0.05, 0.1) is 18.6 Å². The van der Waals surface area contributed by atoms with E-state index >= 15 is 0 Å². The van der Waals surface area contributed by atoms with Gasteiger partial charge in [0, 0.05) is 6.42 Å². The zero-order valence-electron chi connectivity index (χ0n) is 23.2. The number of carboxylic acid groups (broad SMARTS) is 1. The number of carbonyl (C=O) groups excluding carboxylic acids is 2. The molecule has 0 radical (unpaired) electrons. The van der Waals surface area contributed by atoms with Gasteiger partial charge < -0.3 is 14.3 Å². The highest BCUT2D eigenvalue weighted by atomic mass is 28.4. The van der Waals surface area contributed by atoms with Crippen LogP contribution in [0.15, 0.2) is 91.0 Å². The Bertz CT molecular complexity index is 1290. The summed E-state index contributed by atoms with van der Waals surface area (Å²) in [4.78, 5) is 38.2. The lowest BCUT2D eigenvalue weighted by atomic mass is 9.99. The highest BCUT2D eigenvalue weighted by Crippen LogP contribution is 2.38. The first-order chi connectivity index (χ1) is 19.0. The summed E-state index contributed by atoms with van der Waals surface area (Å²) in [6, 6.07) is 30.0. The Morgan fingerprint density at radius 1 is 0.850 bits per heavy atom. The Morgan fingerprint density at radius 3 is 1.75 bits per heavy atom. The predicted octanol–water partition coefficient (Wildman–Crippen LogP) is 4.81. The van der Waals surface area contributed by atoms with Crippen molar-refractivity contribution >= 4 is 36.4 Å². The van der Waals surface area contributed by atoms with Gasteiger partial charge in [-0.05, 0) is 27.9 Å². The van der Waals surface area contributed by atoms with Crippen LogP contribution in [0.1, 0.15) is 52.2 Å². The molecule has 3 rings (SSSR count). The zero-order chi connectivity index (χ0) is 29.3. The van der Waals surface area contributed by atoms with Crippen molar-refractivity contribution in [2.75, 3.05) is 0 Å². The van der Waals surface area contributed by atoms with Gasteiger partial charge in [-0.3, -0.25) is 14.4 Å². The Balaban J connectivity index is 1.95. The van der Waals surface area contributed by atoms with Crippen LogP contribution in [0.25, 0.3) is 0 Å². The summed E-state index contributed by atoms with van der Waals surface area (Å²) in [5.74, 6) is -4.56. The molecule has 0 bridgehead atoms. The van der Waals surface area contributed by atoms with E-state index in [9.17, 15) is 24.8 Å². The number of carboxylic acids is 1. The van der Waals surface area contributed by atoms with Crippen LogP contribution in [-0.4, -0.2) is 37.2 Å². The molecule has 7 nitrogen and oxygen atoms in total. The van der Waals surface area contributed by atoms with Crippen LogP contribution in [0.5, 0.6) is 0 Å². The third kappa shape index (κ3) is 7.11. The van der Waals surface area contributed by atoms with E-state index in [-0.39, 0.29) is 0 Å². The number of rotatable bonds is 12. The van der Waals surface area contributed by atoms with Crippen molar-refractivity contribution in [1.29, 1.82) is 5.26 Å². The fourth-order valence-corrected chi connectivity index (χ4v) is 9.61. The van der Waals surface area contributed by atoms with Crippen LogP contribution in [0, 0.1) is 17.2 Å². The van der Waals surface area contributed by atoms with Gasteiger partial charge in [-0.1, -0.05) is 112 Å². The standard InChI is InChI=1S/C32H35NO6Si/c1-23(24-14-8-5-9-15-24)38-31(37)28(22-33)29(34)20-25(21-30(35)36)39-40(32(2,3)4,26-16-10-6-11-17-26)27-18-12-7-13-19-27/h5-19,23,25,28H,20-21H2,1-4H3,(H,35,36)/t23?,25?,28-/m1/s1. The van der Waals surface area contributed by atoms with Gasteiger partial charge in [0.25, 0.3) is 8.32 Å². The van der Waals surface area contributed by atoms with Crippen LogP contribution in [-0.2, 0) is 23.5 Å². The topological polar surface area (TPSA) is 114 Å². The number of hydrogen-bond donors (Lipinski definition) is 1. The van der Waals surface area contributed by atoms with E-state index in [0.29, 0.717) is 0 Å². The molecule has 40 heavy (non-hydrogen) atoms. The normalized spacial score (nSPS) is 13.9. The molecule has 0 saturated carbocycles. The number of nitrogens with zero attached hydrogens (tertiary/aromatic N) is 1. The molecular formula is C32H35NO6Si. The van der Waals surface area contributed by atoms with E-state index in [1.165, 1.54) is 0 Å². The van der Waals surface area contributed by atoms with E-state index in [0.717, 1.165) is 15.9 Å². The van der Waals surface area contributed by atoms with Crippen molar-refractivity contribution < 1.29 is 28.7 Å². The molecule has 0 aromatic heterocycles. The van der Waals surface area contributed by atoms with Crippen molar-refractivity contribution in [3.63, 3.8) is 0 Å². The number of ketones is 1. The Labute approximate surface area is 236 Å². The molecule has 0 aliphatic heterocycles. The molecule has 0 saturated heterocycles. The first kappa shape index (κ1) is 30.5. The van der Waals surface area contributed by atoms with Crippen molar-refractivity contribution in [3.8, 4) is 6.07 Å². The number of hydrogen-bond acceptors (Lipinski definition) is 6. The molecule has 8 heteroatoms. The predicted molar refractivity (Wildman–Crippen MR) is 154 cm³/mol. The minimum atomic E-state index is -3.20. The molecule has 0 aliphatic carbocycles. The maximum absolute atomic E-state index is 13.4. The lowest BCUT2D eigenvalue weighted by Crippen LogP contribution is -2.68. The molecule has 0 spiro atoms. The molecule has 2 unspecified atom stereocenters. The third-order valence-electron chi connectivity index (χ3n) is 6.84. The quantitative estimate of drug-likeness (QED) is 0.193. The van der Waals surface area contributed by atoms with Crippen LogP contribution in [0.3, 0.4) is 0 Å². The van der Waals surface area contributed by atoms with E-state index in [4.69, 9.17) is 9.16 Å². The average molecular weight is 558 g/mol. The van der Waals surface area contributed by atoms with Gasteiger partial charge in [0.2, 0.25) is 5.92 Å². The lowest BCUT2D eigenvalue weighted by molar-refractivity contribution is -0.154. The summed E-state index contributed by atoms with van der Waals surface area (Å²) in [7, 11) is -3.20. The largest absolute Gasteiger partial charge is 0.481 e. The van der Waals surface area contributed by atoms with Crippen LogP contribution >= 0.6 is 0 Å². The maximum Gasteiger partial charge on any atom is 0.331 e. The molecule has 3 atom stereocenters. The first-order valence-electron chi connectivity index (χ1n) is 13.2. The van der Waals surface area contributed by atoms with Gasteiger partial charge in [-0.15, -0.1) is 0 Å². The number of Topliss-reactive ketones (excluding diaryl/α,β-unsaturated/α-hetero) is 1. The minimum absolute atomic E-state index is 0.427. The summed E-state index contributed by atoms with van der Waals surface area (Å²) >= 11 is 0. The zero-order valence-corrected chi connectivity index (χ0v) is 24.2. The Kier molecular flexibility index (Phi) is 10.2.